The maximum atomic E-state index is 3.47. The lowest BCUT2D eigenvalue weighted by Crippen LogP contribution is -1.87. The zero-order chi connectivity index (χ0) is 14.5. The van der Waals surface area contributed by atoms with Crippen molar-refractivity contribution in [2.24, 2.45) is 0 Å². The molecule has 1 radical (unpaired) electrons. The van der Waals surface area contributed by atoms with Crippen LogP contribution >= 0.6 is 0 Å². The van der Waals surface area contributed by atoms with E-state index in [1.807, 2.05) is 0 Å². The first kappa shape index (κ1) is 11.8. The molecule has 0 heterocycles. The summed E-state index contributed by atoms with van der Waals surface area (Å²) in [4.78, 5) is 0. The van der Waals surface area contributed by atoms with Gasteiger partial charge in [-0.2, -0.15) is 0 Å². The first-order valence-electron chi connectivity index (χ1n) is 7.55. The van der Waals surface area contributed by atoms with Crippen molar-refractivity contribution >= 4 is 32.3 Å². The van der Waals surface area contributed by atoms with Crippen LogP contribution in [-0.4, -0.2) is 0 Å². The number of benzene rings is 5. The molecule has 0 saturated carbocycles. The van der Waals surface area contributed by atoms with Gasteiger partial charge in [0.15, 0.2) is 0 Å². The smallest absolute Gasteiger partial charge is 0.00201 e. The fourth-order valence-electron chi connectivity index (χ4n) is 3.51. The maximum Gasteiger partial charge on any atom is -0.00201 e. The molecule has 0 spiro atoms. The van der Waals surface area contributed by atoms with E-state index in [2.05, 4.69) is 84.9 Å². The van der Waals surface area contributed by atoms with Gasteiger partial charge >= 0.3 is 0 Å². The summed E-state index contributed by atoms with van der Waals surface area (Å²) in [5, 5.41) is 7.75. The Labute approximate surface area is 129 Å². The molecule has 0 aliphatic heterocycles. The van der Waals surface area contributed by atoms with Crippen molar-refractivity contribution in [1.82, 2.24) is 0 Å². The largest absolute Gasteiger partial charge is 0.0622 e. The average Bonchev–Trinajstić information content (AvgIpc) is 2.60. The third kappa shape index (κ3) is 1.52. The van der Waals surface area contributed by atoms with Crippen LogP contribution in [0, 0.1) is 6.07 Å². The molecule has 5 aromatic rings. The van der Waals surface area contributed by atoms with Crippen molar-refractivity contribution in [3.05, 3.63) is 84.9 Å². The van der Waals surface area contributed by atoms with E-state index in [-0.39, 0.29) is 0 Å². The third-order valence-corrected chi connectivity index (χ3v) is 4.52. The van der Waals surface area contributed by atoms with Crippen molar-refractivity contribution in [2.75, 3.05) is 0 Å². The van der Waals surface area contributed by atoms with Crippen LogP contribution in [0.5, 0.6) is 0 Å². The van der Waals surface area contributed by atoms with Crippen LogP contribution in [0.4, 0.5) is 0 Å². The molecule has 0 aromatic heterocycles. The minimum atomic E-state index is 1.20. The van der Waals surface area contributed by atoms with Crippen LogP contribution in [-0.2, 0) is 0 Å². The zero-order valence-electron chi connectivity index (χ0n) is 12.0. The minimum absolute atomic E-state index is 1.20. The second-order valence-electron chi connectivity index (χ2n) is 5.75. The van der Waals surface area contributed by atoms with Crippen LogP contribution in [0.2, 0.25) is 0 Å². The number of hydrogen-bond donors (Lipinski definition) is 0. The van der Waals surface area contributed by atoms with Crippen LogP contribution in [0.25, 0.3) is 43.4 Å². The molecule has 0 heteroatoms. The summed E-state index contributed by atoms with van der Waals surface area (Å²) in [7, 11) is 0. The SMILES string of the molecule is [c]1cc2c(-c3ccccc3)ccc3ccc4cccc1c4c32. The van der Waals surface area contributed by atoms with Crippen LogP contribution in [0.15, 0.2) is 78.9 Å². The molecule has 0 saturated heterocycles. The highest BCUT2D eigenvalue weighted by molar-refractivity contribution is 6.25. The lowest BCUT2D eigenvalue weighted by Gasteiger charge is -2.13. The Morgan fingerprint density at radius 3 is 2.23 bits per heavy atom. The van der Waals surface area contributed by atoms with Gasteiger partial charge in [-0.3, -0.25) is 0 Å². The van der Waals surface area contributed by atoms with E-state index in [0.717, 1.165) is 0 Å². The van der Waals surface area contributed by atoms with E-state index in [4.69, 9.17) is 0 Å². The highest BCUT2D eigenvalue weighted by Gasteiger charge is 2.11. The molecular formula is C22H13. The topological polar surface area (TPSA) is 0 Å². The fourth-order valence-corrected chi connectivity index (χ4v) is 3.51. The van der Waals surface area contributed by atoms with Gasteiger partial charge in [-0.05, 0) is 55.6 Å². The Balaban J connectivity index is 2.02. The Hall–Kier alpha value is -2.86. The standard InChI is InChI=1S/C22H13/c1-2-5-15(6-3-1)19-13-11-18-10-9-16-7-4-8-17-12-14-20(19)22(18)21(16)17/h1-11,13-14H. The van der Waals surface area contributed by atoms with E-state index in [1.165, 1.54) is 43.4 Å². The Bertz CT molecular complexity index is 1090. The molecule has 0 N–H and O–H groups in total. The second kappa shape index (κ2) is 4.32. The molecule has 5 aromatic carbocycles. The average molecular weight is 277 g/mol. The van der Waals surface area contributed by atoms with E-state index in [0.29, 0.717) is 0 Å². The first-order chi connectivity index (χ1) is 10.9. The van der Waals surface area contributed by atoms with Gasteiger partial charge < -0.3 is 0 Å². The molecule has 0 aliphatic carbocycles. The molecule has 0 fully saturated rings. The van der Waals surface area contributed by atoms with E-state index >= 15 is 0 Å². The molecule has 5 rings (SSSR count). The molecule has 0 unspecified atom stereocenters. The van der Waals surface area contributed by atoms with Gasteiger partial charge in [0.05, 0.1) is 0 Å². The van der Waals surface area contributed by atoms with Crippen molar-refractivity contribution in [1.29, 1.82) is 0 Å². The maximum absolute atomic E-state index is 3.47. The lowest BCUT2D eigenvalue weighted by atomic mass is 9.90. The molecule has 22 heavy (non-hydrogen) atoms. The van der Waals surface area contributed by atoms with Crippen molar-refractivity contribution in [3.63, 3.8) is 0 Å². The Morgan fingerprint density at radius 2 is 1.36 bits per heavy atom. The molecule has 0 nitrogen and oxygen atoms in total. The van der Waals surface area contributed by atoms with Gasteiger partial charge in [-0.1, -0.05) is 72.8 Å². The van der Waals surface area contributed by atoms with E-state index < -0.39 is 0 Å². The summed E-state index contributed by atoms with van der Waals surface area (Å²) in [6, 6.07) is 31.5. The normalized spacial score (nSPS) is 11.6. The quantitative estimate of drug-likeness (QED) is 0.327. The molecule has 0 aliphatic rings. The summed E-state index contributed by atoms with van der Waals surface area (Å²) in [6.45, 7) is 0. The van der Waals surface area contributed by atoms with E-state index in [9.17, 15) is 0 Å². The van der Waals surface area contributed by atoms with Crippen LogP contribution in [0.3, 0.4) is 0 Å². The molecule has 0 atom stereocenters. The summed E-state index contributed by atoms with van der Waals surface area (Å²) in [5.74, 6) is 0. The molecule has 0 amide bonds. The monoisotopic (exact) mass is 277 g/mol. The number of hydrogen-bond acceptors (Lipinski definition) is 0. The van der Waals surface area contributed by atoms with Crippen molar-refractivity contribution in [3.8, 4) is 11.1 Å². The van der Waals surface area contributed by atoms with Gasteiger partial charge in [-0.15, -0.1) is 0 Å². The second-order valence-corrected chi connectivity index (χ2v) is 5.75. The first-order valence-corrected chi connectivity index (χ1v) is 7.55. The van der Waals surface area contributed by atoms with Crippen LogP contribution in [0.1, 0.15) is 0 Å². The highest BCUT2D eigenvalue weighted by atomic mass is 14.1. The Morgan fingerprint density at radius 1 is 0.591 bits per heavy atom. The molecular weight excluding hydrogens is 264 g/mol. The zero-order valence-corrected chi connectivity index (χ0v) is 12.0. The molecule has 101 valence electrons. The summed E-state index contributed by atoms with van der Waals surface area (Å²) in [6.07, 6.45) is 0. The van der Waals surface area contributed by atoms with Crippen molar-refractivity contribution in [2.45, 2.75) is 0 Å². The third-order valence-electron chi connectivity index (χ3n) is 4.52. The summed E-state index contributed by atoms with van der Waals surface area (Å²) < 4.78 is 0. The highest BCUT2D eigenvalue weighted by Crippen LogP contribution is 2.38. The lowest BCUT2D eigenvalue weighted by molar-refractivity contribution is 1.66. The Kier molecular flexibility index (Phi) is 2.31. The van der Waals surface area contributed by atoms with Gasteiger partial charge in [0, 0.05) is 0 Å². The van der Waals surface area contributed by atoms with E-state index in [1.54, 1.807) is 0 Å². The molecule has 0 bridgehead atoms. The predicted octanol–water partition coefficient (Wildman–Crippen LogP) is 6.05. The van der Waals surface area contributed by atoms with Gasteiger partial charge in [0.25, 0.3) is 0 Å². The van der Waals surface area contributed by atoms with Gasteiger partial charge in [0.2, 0.25) is 0 Å². The van der Waals surface area contributed by atoms with Crippen LogP contribution < -0.4 is 0 Å². The predicted molar refractivity (Wildman–Crippen MR) is 94.4 cm³/mol. The summed E-state index contributed by atoms with van der Waals surface area (Å²) >= 11 is 0. The van der Waals surface area contributed by atoms with Gasteiger partial charge in [-0.25, -0.2) is 0 Å². The number of rotatable bonds is 1. The summed E-state index contributed by atoms with van der Waals surface area (Å²) in [5.41, 5.74) is 2.54. The van der Waals surface area contributed by atoms with Crippen molar-refractivity contribution < 1.29 is 0 Å². The van der Waals surface area contributed by atoms with Gasteiger partial charge in [0.1, 0.15) is 0 Å². The minimum Gasteiger partial charge on any atom is -0.0622 e. The fraction of sp³-hybridized carbons (Fsp3) is 0.